The summed E-state index contributed by atoms with van der Waals surface area (Å²) >= 11 is 4.73. The lowest BCUT2D eigenvalue weighted by Gasteiger charge is -2.14. The Morgan fingerprint density at radius 3 is 2.17 bits per heavy atom. The van der Waals surface area contributed by atoms with E-state index >= 15 is 0 Å². The third-order valence-electron chi connectivity index (χ3n) is 6.02. The van der Waals surface area contributed by atoms with Crippen LogP contribution in [0.4, 0.5) is 5.69 Å². The van der Waals surface area contributed by atoms with Gasteiger partial charge < -0.3 is 10.6 Å². The molecule has 0 atom stereocenters. The lowest BCUT2D eigenvalue weighted by molar-refractivity contribution is -0.113. The quantitative estimate of drug-likeness (QED) is 0.140. The zero-order valence-corrected chi connectivity index (χ0v) is 23.4. The van der Waals surface area contributed by atoms with Crippen LogP contribution in [0.2, 0.25) is 0 Å². The second-order valence-electron chi connectivity index (χ2n) is 8.77. The number of carbonyl (C=O) groups excluding carboxylic acids is 4. The van der Waals surface area contributed by atoms with E-state index in [1.807, 2.05) is 30.3 Å². The molecule has 4 aromatic carbocycles. The molecule has 198 valence electrons. The molecule has 0 fully saturated rings. The van der Waals surface area contributed by atoms with Gasteiger partial charge in [-0.25, -0.2) is 0 Å². The van der Waals surface area contributed by atoms with Crippen molar-refractivity contribution >= 4 is 63.1 Å². The third-order valence-corrected chi connectivity index (χ3v) is 7.49. The smallest absolute Gasteiger partial charge is 0.272 e. The minimum absolute atomic E-state index is 0.0658. The van der Waals surface area contributed by atoms with Gasteiger partial charge in [0, 0.05) is 20.6 Å². The summed E-state index contributed by atoms with van der Waals surface area (Å²) in [6.07, 6.45) is 1.60. The van der Waals surface area contributed by atoms with Gasteiger partial charge in [-0.15, -0.1) is 11.8 Å². The molecule has 4 amide bonds. The van der Waals surface area contributed by atoms with Gasteiger partial charge in [0.05, 0.1) is 17.0 Å². The number of thioether (sulfide) groups is 1. The number of imide groups is 1. The zero-order valence-electron chi connectivity index (χ0n) is 21.0. The van der Waals surface area contributed by atoms with Crippen molar-refractivity contribution in [1.29, 1.82) is 0 Å². The molecule has 40 heavy (non-hydrogen) atoms. The van der Waals surface area contributed by atoms with E-state index in [9.17, 15) is 19.2 Å². The zero-order chi connectivity index (χ0) is 28.1. The predicted molar refractivity (Wildman–Crippen MR) is 159 cm³/mol. The van der Waals surface area contributed by atoms with Crippen LogP contribution in [0.15, 0.2) is 118 Å². The van der Waals surface area contributed by atoms with Crippen molar-refractivity contribution < 1.29 is 19.2 Å². The summed E-state index contributed by atoms with van der Waals surface area (Å²) in [6, 6.07) is 29.8. The van der Waals surface area contributed by atoms with Crippen LogP contribution < -0.4 is 10.6 Å². The largest absolute Gasteiger partial charge is 0.321 e. The molecule has 0 spiro atoms. The Balaban J connectivity index is 1.31. The Labute approximate surface area is 243 Å². The van der Waals surface area contributed by atoms with E-state index in [1.54, 1.807) is 78.9 Å². The molecule has 2 N–H and O–H groups in total. The van der Waals surface area contributed by atoms with Gasteiger partial charge in [-0.3, -0.25) is 24.1 Å². The van der Waals surface area contributed by atoms with Gasteiger partial charge in [-0.2, -0.15) is 0 Å². The van der Waals surface area contributed by atoms with Crippen LogP contribution >= 0.6 is 27.7 Å². The number of fused-ring (bicyclic) bond motifs is 1. The molecule has 1 aliphatic rings. The van der Waals surface area contributed by atoms with Gasteiger partial charge in [0.1, 0.15) is 5.70 Å². The van der Waals surface area contributed by atoms with Crippen LogP contribution in [0.5, 0.6) is 0 Å². The number of nitrogens with one attached hydrogen (secondary N) is 2. The first-order chi connectivity index (χ1) is 19.4. The molecule has 0 radical (unpaired) electrons. The number of rotatable bonds is 8. The number of anilines is 1. The molecule has 4 aromatic rings. The number of halogens is 1. The summed E-state index contributed by atoms with van der Waals surface area (Å²) in [5, 5.41) is 5.56. The molecule has 0 saturated carbocycles. The summed E-state index contributed by atoms with van der Waals surface area (Å²) in [6.45, 7) is 0. The standard InChI is InChI=1S/C31H22BrN3O4S/c32-22-11-6-8-20(16-22)17-27(34-28(36)21-9-2-1-3-10-21)29(37)33-23-12-7-13-24(18-23)40-19-35-30(38)25-14-4-5-15-26(25)31(35)39/h1-18H,19H2,(H,33,37)(H,34,36)/b27-17+. The number of carbonyl (C=O) groups is 4. The van der Waals surface area contributed by atoms with Crippen LogP contribution in [-0.2, 0) is 4.79 Å². The second kappa shape index (κ2) is 12.1. The first-order valence-corrected chi connectivity index (χ1v) is 14.0. The van der Waals surface area contributed by atoms with Crippen molar-refractivity contribution in [2.75, 3.05) is 11.2 Å². The number of benzene rings is 4. The predicted octanol–water partition coefficient (Wildman–Crippen LogP) is 6.20. The van der Waals surface area contributed by atoms with Crippen LogP contribution in [-0.4, -0.2) is 34.4 Å². The highest BCUT2D eigenvalue weighted by Gasteiger charge is 2.34. The van der Waals surface area contributed by atoms with Crippen LogP contribution in [0.25, 0.3) is 6.08 Å². The fourth-order valence-electron chi connectivity index (χ4n) is 4.06. The van der Waals surface area contributed by atoms with Crippen molar-refractivity contribution in [2.45, 2.75) is 4.90 Å². The van der Waals surface area contributed by atoms with Crippen molar-refractivity contribution in [3.63, 3.8) is 0 Å². The van der Waals surface area contributed by atoms with Crippen molar-refractivity contribution in [1.82, 2.24) is 10.2 Å². The number of amides is 4. The maximum atomic E-state index is 13.3. The minimum Gasteiger partial charge on any atom is -0.321 e. The molecular formula is C31H22BrN3O4S. The van der Waals surface area contributed by atoms with E-state index in [0.717, 1.165) is 14.9 Å². The molecule has 0 aliphatic carbocycles. The summed E-state index contributed by atoms with van der Waals surface area (Å²) in [5.74, 6) is -1.44. The first kappa shape index (κ1) is 27.1. The van der Waals surface area contributed by atoms with E-state index in [0.29, 0.717) is 22.4 Å². The Morgan fingerprint density at radius 2 is 1.48 bits per heavy atom. The third kappa shape index (κ3) is 6.22. The number of hydrogen-bond acceptors (Lipinski definition) is 5. The van der Waals surface area contributed by atoms with E-state index < -0.39 is 11.8 Å². The molecule has 7 nitrogen and oxygen atoms in total. The van der Waals surface area contributed by atoms with Gasteiger partial charge in [0.2, 0.25) is 0 Å². The Hall–Kier alpha value is -4.47. The fourth-order valence-corrected chi connectivity index (χ4v) is 5.38. The Bertz CT molecular complexity index is 1620. The van der Waals surface area contributed by atoms with E-state index in [1.165, 1.54) is 16.7 Å². The molecule has 0 unspecified atom stereocenters. The maximum Gasteiger partial charge on any atom is 0.272 e. The van der Waals surface area contributed by atoms with E-state index in [4.69, 9.17) is 0 Å². The first-order valence-electron chi connectivity index (χ1n) is 12.2. The van der Waals surface area contributed by atoms with Gasteiger partial charge in [-0.05, 0) is 66.2 Å². The average molecular weight is 613 g/mol. The van der Waals surface area contributed by atoms with Crippen LogP contribution in [0.3, 0.4) is 0 Å². The molecule has 0 saturated heterocycles. The van der Waals surface area contributed by atoms with Crippen LogP contribution in [0, 0.1) is 0 Å². The summed E-state index contributed by atoms with van der Waals surface area (Å²) in [5.41, 5.74) is 2.50. The molecular weight excluding hydrogens is 590 g/mol. The number of nitrogens with zero attached hydrogens (tertiary/aromatic N) is 1. The summed E-state index contributed by atoms with van der Waals surface area (Å²) in [7, 11) is 0. The topological polar surface area (TPSA) is 95.6 Å². The molecule has 1 heterocycles. The highest BCUT2D eigenvalue weighted by molar-refractivity contribution is 9.10. The number of hydrogen-bond donors (Lipinski definition) is 2. The van der Waals surface area contributed by atoms with Gasteiger partial charge in [0.25, 0.3) is 23.6 Å². The molecule has 1 aliphatic heterocycles. The van der Waals surface area contributed by atoms with E-state index in [-0.39, 0.29) is 23.4 Å². The lowest BCUT2D eigenvalue weighted by atomic mass is 10.1. The molecule has 9 heteroatoms. The lowest BCUT2D eigenvalue weighted by Crippen LogP contribution is -2.30. The summed E-state index contributed by atoms with van der Waals surface area (Å²) in [4.78, 5) is 53.5. The Morgan fingerprint density at radius 1 is 0.800 bits per heavy atom. The van der Waals surface area contributed by atoms with Crippen molar-refractivity contribution in [2.24, 2.45) is 0 Å². The van der Waals surface area contributed by atoms with Crippen molar-refractivity contribution in [3.8, 4) is 0 Å². The average Bonchev–Trinajstić information content (AvgIpc) is 3.21. The van der Waals surface area contributed by atoms with Gasteiger partial charge >= 0.3 is 0 Å². The fraction of sp³-hybridized carbons (Fsp3) is 0.0323. The summed E-state index contributed by atoms with van der Waals surface area (Å²) < 4.78 is 0.832. The Kier molecular flexibility index (Phi) is 8.23. The molecule has 5 rings (SSSR count). The van der Waals surface area contributed by atoms with Crippen LogP contribution in [0.1, 0.15) is 36.6 Å². The minimum atomic E-state index is -0.508. The monoisotopic (exact) mass is 611 g/mol. The van der Waals surface area contributed by atoms with Gasteiger partial charge in [0.15, 0.2) is 0 Å². The van der Waals surface area contributed by atoms with E-state index in [2.05, 4.69) is 26.6 Å². The maximum absolute atomic E-state index is 13.3. The highest BCUT2D eigenvalue weighted by Crippen LogP contribution is 2.28. The molecule has 0 bridgehead atoms. The van der Waals surface area contributed by atoms with Gasteiger partial charge in [-0.1, -0.05) is 64.5 Å². The second-order valence-corrected chi connectivity index (χ2v) is 10.7. The molecule has 0 aromatic heterocycles. The van der Waals surface area contributed by atoms with Crippen molar-refractivity contribution in [3.05, 3.63) is 136 Å². The normalized spacial score (nSPS) is 12.7. The SMILES string of the molecule is O=C(Nc1cccc(SCN2C(=O)c3ccccc3C2=O)c1)/C(=C\c1cccc(Br)c1)NC(=O)c1ccccc1. The highest BCUT2D eigenvalue weighted by atomic mass is 79.9.